The molecule has 2 N–H and O–H groups in total. The Hall–Kier alpha value is -2.08. The van der Waals surface area contributed by atoms with Crippen molar-refractivity contribution in [3.63, 3.8) is 0 Å². The van der Waals surface area contributed by atoms with Crippen LogP contribution in [-0.2, 0) is 9.53 Å². The predicted octanol–water partition coefficient (Wildman–Crippen LogP) is 2.26. The van der Waals surface area contributed by atoms with E-state index in [4.69, 9.17) is 4.74 Å². The summed E-state index contributed by atoms with van der Waals surface area (Å²) in [4.78, 5) is 25.1. The maximum absolute atomic E-state index is 12.1. The number of anilines is 1. The van der Waals surface area contributed by atoms with Crippen LogP contribution in [0.25, 0.3) is 0 Å². The SMILES string of the molecule is CC[C@@]1(C)OC(=O)N(CC(=O)Nc2ccc(C)cc2)[C@@]1(C)O. The van der Waals surface area contributed by atoms with Gasteiger partial charge < -0.3 is 15.2 Å². The Morgan fingerprint density at radius 2 is 1.91 bits per heavy atom. The minimum absolute atomic E-state index is 0.269. The van der Waals surface area contributed by atoms with Crippen LogP contribution >= 0.6 is 0 Å². The number of nitrogens with zero attached hydrogens (tertiary/aromatic N) is 1. The van der Waals surface area contributed by atoms with Crippen LogP contribution in [0, 0.1) is 6.92 Å². The summed E-state index contributed by atoms with van der Waals surface area (Å²) in [7, 11) is 0. The molecule has 0 bridgehead atoms. The Morgan fingerprint density at radius 1 is 1.32 bits per heavy atom. The van der Waals surface area contributed by atoms with Crippen LogP contribution < -0.4 is 5.32 Å². The fraction of sp³-hybridized carbons (Fsp3) is 0.500. The van der Waals surface area contributed by atoms with Gasteiger partial charge in [-0.05, 0) is 39.3 Å². The second-order valence-corrected chi connectivity index (χ2v) is 5.97. The van der Waals surface area contributed by atoms with Gasteiger partial charge in [0.1, 0.15) is 6.54 Å². The van der Waals surface area contributed by atoms with Gasteiger partial charge in [0.25, 0.3) is 0 Å². The van der Waals surface area contributed by atoms with E-state index >= 15 is 0 Å². The van der Waals surface area contributed by atoms with E-state index in [1.807, 2.05) is 26.0 Å². The minimum Gasteiger partial charge on any atom is -0.438 e. The summed E-state index contributed by atoms with van der Waals surface area (Å²) >= 11 is 0. The van der Waals surface area contributed by atoms with Gasteiger partial charge in [-0.25, -0.2) is 4.79 Å². The predicted molar refractivity (Wildman–Crippen MR) is 82.3 cm³/mol. The van der Waals surface area contributed by atoms with Gasteiger partial charge in [-0.15, -0.1) is 0 Å². The first-order valence-electron chi connectivity index (χ1n) is 7.29. The van der Waals surface area contributed by atoms with E-state index in [9.17, 15) is 14.7 Å². The van der Waals surface area contributed by atoms with Crippen molar-refractivity contribution in [3.05, 3.63) is 29.8 Å². The Kier molecular flexibility index (Phi) is 4.15. The molecular formula is C16H22N2O4. The van der Waals surface area contributed by atoms with Gasteiger partial charge in [0.15, 0.2) is 11.3 Å². The zero-order valence-electron chi connectivity index (χ0n) is 13.3. The number of rotatable bonds is 4. The smallest absolute Gasteiger partial charge is 0.413 e. The highest BCUT2D eigenvalue weighted by Gasteiger charge is 2.58. The van der Waals surface area contributed by atoms with E-state index in [-0.39, 0.29) is 12.5 Å². The van der Waals surface area contributed by atoms with Crippen molar-refractivity contribution in [2.75, 3.05) is 11.9 Å². The lowest BCUT2D eigenvalue weighted by molar-refractivity contribution is -0.143. The molecule has 6 heteroatoms. The molecule has 6 nitrogen and oxygen atoms in total. The molecule has 2 atom stereocenters. The summed E-state index contributed by atoms with van der Waals surface area (Å²) in [6, 6.07) is 7.32. The quantitative estimate of drug-likeness (QED) is 0.894. The molecule has 1 saturated heterocycles. The molecular weight excluding hydrogens is 284 g/mol. The van der Waals surface area contributed by atoms with Crippen molar-refractivity contribution in [1.82, 2.24) is 4.90 Å². The van der Waals surface area contributed by atoms with Crippen LogP contribution in [0.4, 0.5) is 10.5 Å². The maximum Gasteiger partial charge on any atom is 0.413 e. The highest BCUT2D eigenvalue weighted by atomic mass is 16.6. The lowest BCUT2D eigenvalue weighted by Gasteiger charge is -2.36. The third-order valence-corrected chi connectivity index (χ3v) is 4.37. The number of carbonyl (C=O) groups is 2. The summed E-state index contributed by atoms with van der Waals surface area (Å²) in [5, 5.41) is 13.3. The molecule has 1 aliphatic rings. The van der Waals surface area contributed by atoms with Gasteiger partial charge in [-0.1, -0.05) is 24.6 Å². The van der Waals surface area contributed by atoms with E-state index in [1.54, 1.807) is 19.1 Å². The first kappa shape index (κ1) is 16.3. The van der Waals surface area contributed by atoms with Crippen molar-refractivity contribution in [1.29, 1.82) is 0 Å². The molecule has 1 aromatic rings. The van der Waals surface area contributed by atoms with Crippen LogP contribution in [0.3, 0.4) is 0 Å². The largest absolute Gasteiger partial charge is 0.438 e. The third kappa shape index (κ3) is 2.78. The van der Waals surface area contributed by atoms with Gasteiger partial charge in [-0.3, -0.25) is 9.69 Å². The van der Waals surface area contributed by atoms with E-state index in [2.05, 4.69) is 5.32 Å². The molecule has 0 radical (unpaired) electrons. The molecule has 1 aliphatic heterocycles. The van der Waals surface area contributed by atoms with Gasteiger partial charge in [0, 0.05) is 5.69 Å². The first-order valence-corrected chi connectivity index (χ1v) is 7.29. The Balaban J connectivity index is 2.08. The van der Waals surface area contributed by atoms with Crippen molar-refractivity contribution in [3.8, 4) is 0 Å². The van der Waals surface area contributed by atoms with E-state index < -0.39 is 17.4 Å². The summed E-state index contributed by atoms with van der Waals surface area (Å²) in [6.07, 6.45) is -0.240. The molecule has 0 unspecified atom stereocenters. The highest BCUT2D eigenvalue weighted by Crippen LogP contribution is 2.39. The molecule has 1 aromatic carbocycles. The first-order chi connectivity index (χ1) is 10.2. The number of benzene rings is 1. The molecule has 22 heavy (non-hydrogen) atoms. The molecule has 0 spiro atoms. The summed E-state index contributed by atoms with van der Waals surface area (Å²) < 4.78 is 5.25. The number of carbonyl (C=O) groups excluding carboxylic acids is 2. The number of hydrogen-bond acceptors (Lipinski definition) is 4. The Bertz CT molecular complexity index is 582. The van der Waals surface area contributed by atoms with Crippen LogP contribution in [0.5, 0.6) is 0 Å². The standard InChI is InChI=1S/C16H22N2O4/c1-5-15(3)16(4,21)18(14(20)22-15)10-13(19)17-12-8-6-11(2)7-9-12/h6-9,21H,5,10H2,1-4H3,(H,17,19)/t15-,16+/m1/s1. The van der Waals surface area contributed by atoms with Crippen molar-refractivity contribution in [2.45, 2.75) is 45.4 Å². The average molecular weight is 306 g/mol. The van der Waals surface area contributed by atoms with Crippen LogP contribution in [0.15, 0.2) is 24.3 Å². The molecule has 2 rings (SSSR count). The van der Waals surface area contributed by atoms with Crippen molar-refractivity contribution in [2.24, 2.45) is 0 Å². The zero-order valence-corrected chi connectivity index (χ0v) is 13.3. The van der Waals surface area contributed by atoms with E-state index in [0.29, 0.717) is 12.1 Å². The number of nitrogens with one attached hydrogen (secondary N) is 1. The van der Waals surface area contributed by atoms with Crippen LogP contribution in [0.1, 0.15) is 32.8 Å². The molecule has 120 valence electrons. The number of aliphatic hydroxyl groups is 1. The molecule has 1 fully saturated rings. The maximum atomic E-state index is 12.1. The van der Waals surface area contributed by atoms with Crippen molar-refractivity contribution >= 4 is 17.7 Å². The van der Waals surface area contributed by atoms with Gasteiger partial charge >= 0.3 is 6.09 Å². The summed E-state index contributed by atoms with van der Waals surface area (Å²) in [5.41, 5.74) is -0.846. The van der Waals surface area contributed by atoms with E-state index in [0.717, 1.165) is 10.5 Å². The number of amides is 2. The second-order valence-electron chi connectivity index (χ2n) is 5.97. The minimum atomic E-state index is -1.54. The monoisotopic (exact) mass is 306 g/mol. The third-order valence-electron chi connectivity index (χ3n) is 4.37. The Labute approximate surface area is 130 Å². The van der Waals surface area contributed by atoms with Gasteiger partial charge in [0.05, 0.1) is 0 Å². The topological polar surface area (TPSA) is 78.9 Å². The fourth-order valence-electron chi connectivity index (χ4n) is 2.41. The van der Waals surface area contributed by atoms with E-state index in [1.165, 1.54) is 6.92 Å². The zero-order chi connectivity index (χ0) is 16.5. The molecule has 0 saturated carbocycles. The lowest BCUT2D eigenvalue weighted by Crippen LogP contribution is -2.56. The number of cyclic esters (lactones) is 1. The van der Waals surface area contributed by atoms with Gasteiger partial charge in [-0.2, -0.15) is 0 Å². The molecule has 0 aliphatic carbocycles. The highest BCUT2D eigenvalue weighted by molar-refractivity contribution is 5.94. The normalized spacial score (nSPS) is 27.7. The molecule has 2 amide bonds. The summed E-state index contributed by atoms with van der Waals surface area (Å²) in [5.74, 6) is -0.388. The molecule has 0 aromatic heterocycles. The second kappa shape index (κ2) is 5.61. The molecule has 1 heterocycles. The van der Waals surface area contributed by atoms with Gasteiger partial charge in [0.2, 0.25) is 5.91 Å². The van der Waals surface area contributed by atoms with Crippen LogP contribution in [-0.4, -0.2) is 39.9 Å². The lowest BCUT2D eigenvalue weighted by atomic mass is 9.91. The number of aryl methyl sites for hydroxylation is 1. The fourth-order valence-corrected chi connectivity index (χ4v) is 2.41. The average Bonchev–Trinajstić information content (AvgIpc) is 2.62. The Morgan fingerprint density at radius 3 is 2.41 bits per heavy atom. The number of ether oxygens (including phenoxy) is 1. The van der Waals surface area contributed by atoms with Crippen LogP contribution in [0.2, 0.25) is 0 Å². The van der Waals surface area contributed by atoms with Crippen molar-refractivity contribution < 1.29 is 19.4 Å². The number of hydrogen-bond donors (Lipinski definition) is 2. The summed E-state index contributed by atoms with van der Waals surface area (Å²) in [6.45, 7) is 6.64.